The molecule has 1 fully saturated rings. The quantitative estimate of drug-likeness (QED) is 0.430. The third-order valence-corrected chi connectivity index (χ3v) is 4.15. The van der Waals surface area contributed by atoms with Gasteiger partial charge in [0.05, 0.1) is 0 Å². The molecule has 1 N–H and O–H groups in total. The molecule has 0 spiro atoms. The molecule has 1 aliphatic heterocycles. The maximum Gasteiger partial charge on any atom is 0.328 e. The molecule has 0 aliphatic carbocycles. The molecule has 1 unspecified atom stereocenters. The lowest BCUT2D eigenvalue weighted by atomic mass is 9.95. The van der Waals surface area contributed by atoms with Crippen molar-refractivity contribution >= 4 is 30.1 Å². The van der Waals surface area contributed by atoms with Crippen molar-refractivity contribution in [2.24, 2.45) is 0 Å². The van der Waals surface area contributed by atoms with Crippen LogP contribution in [0, 0.1) is 4.64 Å². The molecule has 2 rings (SSSR count). The number of hydrogen-bond acceptors (Lipinski definition) is 9. The van der Waals surface area contributed by atoms with Crippen molar-refractivity contribution in [3.8, 4) is 0 Å². The molecule has 0 bridgehead atoms. The zero-order valence-electron chi connectivity index (χ0n) is 15.2. The minimum Gasteiger partial charge on any atom is -0.463 e. The summed E-state index contributed by atoms with van der Waals surface area (Å²) in [6.07, 6.45) is -1.89. The van der Waals surface area contributed by atoms with Gasteiger partial charge in [-0.1, -0.05) is 12.2 Å². The number of carbonyl (C=O) groups is 3. The molecular formula is C16H20N2O8S. The van der Waals surface area contributed by atoms with Gasteiger partial charge in [-0.15, -0.1) is 0 Å². The van der Waals surface area contributed by atoms with Gasteiger partial charge < -0.3 is 18.9 Å². The van der Waals surface area contributed by atoms with E-state index in [0.717, 1.165) is 4.57 Å². The van der Waals surface area contributed by atoms with Crippen LogP contribution >= 0.6 is 12.2 Å². The summed E-state index contributed by atoms with van der Waals surface area (Å²) in [5.41, 5.74) is -2.18. The molecule has 1 saturated heterocycles. The summed E-state index contributed by atoms with van der Waals surface area (Å²) in [6.45, 7) is 4.76. The van der Waals surface area contributed by atoms with Crippen LogP contribution in [-0.4, -0.2) is 51.9 Å². The van der Waals surface area contributed by atoms with Crippen LogP contribution in [0.2, 0.25) is 0 Å². The Hall–Kier alpha value is -2.53. The number of H-pyrrole nitrogens is 1. The van der Waals surface area contributed by atoms with Crippen LogP contribution in [0.3, 0.4) is 0 Å². The smallest absolute Gasteiger partial charge is 0.328 e. The largest absolute Gasteiger partial charge is 0.463 e. The lowest BCUT2D eigenvalue weighted by Gasteiger charge is -2.34. The average Bonchev–Trinajstić information content (AvgIpc) is 2.77. The van der Waals surface area contributed by atoms with E-state index in [1.807, 2.05) is 0 Å². The second-order valence-electron chi connectivity index (χ2n) is 6.15. The average molecular weight is 400 g/mol. The van der Waals surface area contributed by atoms with Gasteiger partial charge in [0.15, 0.2) is 17.9 Å². The maximum absolute atomic E-state index is 12.3. The molecule has 1 aromatic rings. The Morgan fingerprint density at radius 2 is 1.93 bits per heavy atom. The Morgan fingerprint density at radius 3 is 2.44 bits per heavy atom. The van der Waals surface area contributed by atoms with Crippen LogP contribution in [0.25, 0.3) is 0 Å². The van der Waals surface area contributed by atoms with Crippen LogP contribution in [0.4, 0.5) is 0 Å². The van der Waals surface area contributed by atoms with Crippen LogP contribution in [0.1, 0.15) is 33.9 Å². The number of hydrogen-bond donors (Lipinski definition) is 1. The van der Waals surface area contributed by atoms with Gasteiger partial charge in [0.25, 0.3) is 0 Å². The first-order chi connectivity index (χ1) is 12.5. The highest BCUT2D eigenvalue weighted by atomic mass is 32.1. The highest BCUT2D eigenvalue weighted by Gasteiger charge is 2.60. The molecule has 0 aromatic carbocycles. The van der Waals surface area contributed by atoms with E-state index in [2.05, 4.69) is 4.98 Å². The van der Waals surface area contributed by atoms with Crippen LogP contribution in [-0.2, 0) is 33.3 Å². The van der Waals surface area contributed by atoms with Gasteiger partial charge in [-0.2, -0.15) is 0 Å². The van der Waals surface area contributed by atoms with E-state index >= 15 is 0 Å². The Labute approximate surface area is 159 Å². The molecule has 0 saturated carbocycles. The van der Waals surface area contributed by atoms with Gasteiger partial charge >= 0.3 is 23.6 Å². The lowest BCUT2D eigenvalue weighted by molar-refractivity contribution is -0.185. The maximum atomic E-state index is 12.3. The van der Waals surface area contributed by atoms with Crippen molar-refractivity contribution in [1.29, 1.82) is 0 Å². The van der Waals surface area contributed by atoms with Gasteiger partial charge in [0.1, 0.15) is 17.4 Å². The molecule has 1 aliphatic rings. The minimum atomic E-state index is -1.57. The van der Waals surface area contributed by atoms with Gasteiger partial charge in [0.2, 0.25) is 0 Å². The van der Waals surface area contributed by atoms with E-state index in [4.69, 9.17) is 31.2 Å². The summed E-state index contributed by atoms with van der Waals surface area (Å²) in [5.74, 6) is -1.90. The zero-order valence-corrected chi connectivity index (χ0v) is 16.0. The van der Waals surface area contributed by atoms with Crippen LogP contribution in [0.15, 0.2) is 17.1 Å². The summed E-state index contributed by atoms with van der Waals surface area (Å²) in [6, 6.07) is 1.45. The summed E-state index contributed by atoms with van der Waals surface area (Å²) >= 11 is 4.91. The first-order valence-corrected chi connectivity index (χ1v) is 8.42. The predicted molar refractivity (Wildman–Crippen MR) is 92.2 cm³/mol. The van der Waals surface area contributed by atoms with Crippen LogP contribution < -0.4 is 5.69 Å². The molecule has 2 heterocycles. The van der Waals surface area contributed by atoms with Crippen molar-refractivity contribution in [1.82, 2.24) is 9.55 Å². The molecule has 11 heteroatoms. The Kier molecular flexibility index (Phi) is 6.16. The summed E-state index contributed by atoms with van der Waals surface area (Å²) in [7, 11) is 0. The molecule has 1 aromatic heterocycles. The second-order valence-corrected chi connectivity index (χ2v) is 6.59. The number of esters is 3. The number of aromatic amines is 1. The van der Waals surface area contributed by atoms with Crippen LogP contribution in [0.5, 0.6) is 0 Å². The van der Waals surface area contributed by atoms with E-state index in [-0.39, 0.29) is 11.2 Å². The number of ether oxygens (including phenoxy) is 4. The topological polar surface area (TPSA) is 126 Å². The van der Waals surface area contributed by atoms with Gasteiger partial charge in [0, 0.05) is 27.0 Å². The normalized spacial score (nSPS) is 27.0. The third-order valence-electron chi connectivity index (χ3n) is 3.91. The fourth-order valence-electron chi connectivity index (χ4n) is 2.95. The number of carbonyl (C=O) groups excluding carboxylic acids is 3. The van der Waals surface area contributed by atoms with Gasteiger partial charge in [-0.3, -0.25) is 23.9 Å². The minimum absolute atomic E-state index is 0.205. The predicted octanol–water partition coefficient (Wildman–Crippen LogP) is 0.620. The summed E-state index contributed by atoms with van der Waals surface area (Å²) in [4.78, 5) is 49.2. The zero-order chi connectivity index (χ0) is 20.4. The summed E-state index contributed by atoms with van der Waals surface area (Å²) < 4.78 is 22.9. The van der Waals surface area contributed by atoms with E-state index < -0.39 is 47.6 Å². The highest BCUT2D eigenvalue weighted by molar-refractivity contribution is 7.71. The number of nitrogens with zero attached hydrogens (tertiary/aromatic N) is 1. The van der Waals surface area contributed by atoms with Crippen molar-refractivity contribution < 1.29 is 33.3 Å². The molecule has 148 valence electrons. The third kappa shape index (κ3) is 4.61. The van der Waals surface area contributed by atoms with Crippen molar-refractivity contribution in [2.45, 2.75) is 51.7 Å². The molecular weight excluding hydrogens is 380 g/mol. The Morgan fingerprint density at radius 1 is 1.26 bits per heavy atom. The Bertz CT molecular complexity index is 862. The molecule has 0 amide bonds. The van der Waals surface area contributed by atoms with Gasteiger partial charge in [-0.25, -0.2) is 4.79 Å². The van der Waals surface area contributed by atoms with E-state index in [9.17, 15) is 19.2 Å². The first kappa shape index (κ1) is 20.8. The summed E-state index contributed by atoms with van der Waals surface area (Å²) in [5, 5.41) is 0. The molecule has 4 atom stereocenters. The first-order valence-electron chi connectivity index (χ1n) is 8.01. The molecule has 27 heavy (non-hydrogen) atoms. The second kappa shape index (κ2) is 8.01. The molecule has 10 nitrogen and oxygen atoms in total. The molecule has 0 radical (unpaired) electrons. The Balaban J connectivity index is 2.53. The highest BCUT2D eigenvalue weighted by Crippen LogP contribution is 2.42. The fraction of sp³-hybridized carbons (Fsp3) is 0.562. The monoisotopic (exact) mass is 400 g/mol. The van der Waals surface area contributed by atoms with E-state index in [1.54, 1.807) is 0 Å². The number of nitrogens with one attached hydrogen (secondary N) is 1. The van der Waals surface area contributed by atoms with Crippen molar-refractivity contribution in [2.75, 3.05) is 6.61 Å². The van der Waals surface area contributed by atoms with Gasteiger partial charge in [-0.05, 0) is 13.0 Å². The fourth-order valence-corrected chi connectivity index (χ4v) is 3.10. The SMILES string of the molecule is CC(=O)OC[C@H]1O[C@@H](n2ccc(=S)[nH]c2=O)[C@](C)(OC(C)=O)C1OC(C)=O. The number of aromatic nitrogens is 2. The van der Waals surface area contributed by atoms with Crippen molar-refractivity contribution in [3.63, 3.8) is 0 Å². The van der Waals surface area contributed by atoms with E-state index in [1.165, 1.54) is 40.0 Å². The standard InChI is InChI=1S/C16H20N2O8S/c1-8(19)23-7-11-13(24-9(2)20)16(4,26-10(3)21)14(25-11)18-6-5-12(27)17-15(18)22/h5-6,11,13-14H,7H2,1-4H3,(H,17,22,27)/t11-,13?,14-,16-/m1/s1. The lowest BCUT2D eigenvalue weighted by Crippen LogP contribution is -2.51. The van der Waals surface area contributed by atoms with Crippen molar-refractivity contribution in [3.05, 3.63) is 27.4 Å². The van der Waals surface area contributed by atoms with E-state index in [0.29, 0.717) is 0 Å². The number of rotatable bonds is 5.